The van der Waals surface area contributed by atoms with Crippen LogP contribution in [0.15, 0.2) is 30.3 Å². The first-order valence-corrected chi connectivity index (χ1v) is 27.6. The Morgan fingerprint density at radius 2 is 1.00 bits per heavy atom. The first-order valence-electron chi connectivity index (χ1n) is 23.0. The Bertz CT molecular complexity index is 2200. The number of phosphoric ester groups is 3. The van der Waals surface area contributed by atoms with Gasteiger partial charge in [-0.3, -0.25) is 27.7 Å². The Balaban J connectivity index is 1.98. The number of alkyl halides is 13. The number of ether oxygens (including phenoxy) is 3. The number of amides is 1. The highest BCUT2D eigenvalue weighted by molar-refractivity contribution is 7.47. The molecule has 1 amide bonds. The zero-order chi connectivity index (χ0) is 59.8. The molecule has 22 nitrogen and oxygen atoms in total. The van der Waals surface area contributed by atoms with Crippen molar-refractivity contribution in [2.45, 2.75) is 175 Å². The van der Waals surface area contributed by atoms with Gasteiger partial charge in [-0.1, -0.05) is 75.3 Å². The topological polar surface area (TPSA) is 341 Å². The van der Waals surface area contributed by atoms with E-state index in [-0.39, 0.29) is 64.5 Å². The van der Waals surface area contributed by atoms with E-state index in [0.29, 0.717) is 12.8 Å². The van der Waals surface area contributed by atoms with Gasteiger partial charge in [0.2, 0.25) is 0 Å². The van der Waals surface area contributed by atoms with Gasteiger partial charge >= 0.3 is 77.3 Å². The molecule has 1 fully saturated rings. The first-order chi connectivity index (χ1) is 35.6. The number of alkyl carbamates (subject to hydrolysis) is 1. The van der Waals surface area contributed by atoms with Crippen molar-refractivity contribution in [3.63, 3.8) is 0 Å². The molecule has 454 valence electrons. The van der Waals surface area contributed by atoms with Gasteiger partial charge in [-0.05, 0) is 31.2 Å². The summed E-state index contributed by atoms with van der Waals surface area (Å²) < 4.78 is 243. The number of benzene rings is 1. The summed E-state index contributed by atoms with van der Waals surface area (Å²) in [5.41, 5.74) is 0.742. The molecule has 1 aliphatic carbocycles. The molecule has 0 bridgehead atoms. The highest BCUT2D eigenvalue weighted by Crippen LogP contribution is 2.61. The maximum absolute atomic E-state index is 14.1. The van der Waals surface area contributed by atoms with Gasteiger partial charge in [-0.2, -0.15) is 57.1 Å². The van der Waals surface area contributed by atoms with Crippen LogP contribution in [-0.2, 0) is 62.2 Å². The van der Waals surface area contributed by atoms with Gasteiger partial charge in [0.25, 0.3) is 0 Å². The third kappa shape index (κ3) is 21.6. The van der Waals surface area contributed by atoms with Gasteiger partial charge in [0.05, 0.1) is 6.61 Å². The van der Waals surface area contributed by atoms with E-state index in [1.807, 2.05) is 0 Å². The van der Waals surface area contributed by atoms with Crippen LogP contribution in [0.2, 0.25) is 0 Å². The van der Waals surface area contributed by atoms with E-state index in [2.05, 4.69) is 14.4 Å². The summed E-state index contributed by atoms with van der Waals surface area (Å²) in [6, 6.07) is 8.75. The summed E-state index contributed by atoms with van der Waals surface area (Å²) in [5.74, 6) is -39.2. The number of aliphatic hydroxyl groups excluding tert-OH is 3. The SMILES string of the molecule is O=C(CCCCCNC(=O)OCc1ccccc1)OCC(COP(=O)(O)OC1[C@H](O)[C@H](O)[C@@H](OP(=O)(O)O)[C@H](OP(=O)(O)O)[C@H]1O)OC(=O)CCCCCCCCCCC(F)(F)C(F)(F)C(F)(F)C(F)(F)C(F)(F)C(F)(F)F. The zero-order valence-corrected chi connectivity index (χ0v) is 43.0. The molecule has 1 aromatic rings. The maximum atomic E-state index is 14.1. The monoisotopic (exact) mass is 1230 g/mol. The first kappa shape index (κ1) is 70.8. The second-order valence-corrected chi connectivity index (χ2v) is 21.1. The normalized spacial score (nSPS) is 21.3. The third-order valence-electron chi connectivity index (χ3n) is 11.1. The molecule has 2 rings (SSSR count). The van der Waals surface area contributed by atoms with Crippen molar-refractivity contribution >= 4 is 41.5 Å². The summed E-state index contributed by atoms with van der Waals surface area (Å²) in [4.78, 5) is 84.7. The Kier molecular flexibility index (Phi) is 26.9. The molecule has 9 N–H and O–H groups in total. The number of hydrogen-bond acceptors (Lipinski definition) is 16. The van der Waals surface area contributed by atoms with E-state index >= 15 is 0 Å². The molecule has 0 saturated heterocycles. The van der Waals surface area contributed by atoms with E-state index in [9.17, 15) is 125 Å². The van der Waals surface area contributed by atoms with Gasteiger partial charge in [0, 0.05) is 25.8 Å². The zero-order valence-electron chi connectivity index (χ0n) is 40.3. The number of hydrogen-bond donors (Lipinski definition) is 9. The van der Waals surface area contributed by atoms with E-state index in [0.717, 1.165) is 5.56 Å². The highest BCUT2D eigenvalue weighted by atomic mass is 31.2. The molecule has 78 heavy (non-hydrogen) atoms. The average Bonchev–Trinajstić information content (AvgIpc) is 3.31. The van der Waals surface area contributed by atoms with Gasteiger partial charge in [-0.25, -0.2) is 18.5 Å². The molecule has 1 saturated carbocycles. The number of phosphoric acid groups is 3. The standard InChI is InChI=1S/C40H57F13NO21P3/c41-35(42,36(43,44)37(45,46)38(47,48)39(49,50)40(51,52)53)19-13-6-4-2-1-3-5-11-18-27(56)72-25(22-69-26(55)17-12-8-14-20-54-34(60)70-21-24-15-9-7-10-16-24)23-71-78(67,68)75-31-28(57)29(58)32(73-76(61,62)63)33(30(31)59)74-77(64,65)66/h7,9-10,15-16,25,28-33,57-59H,1-6,8,11-14,17-23H2,(H,54,60)(H,67,68)(H2,61,62,63)(H2,64,65,66)/t25?,28-,29+,30+,31?,32-,33-/m1/s1. The van der Waals surface area contributed by atoms with Crippen molar-refractivity contribution in [3.05, 3.63) is 35.9 Å². The smallest absolute Gasteiger partial charge is 0.462 e. The molecule has 1 aliphatic rings. The molecule has 0 spiro atoms. The molecular weight excluding hydrogens is 1170 g/mol. The molecule has 38 heteroatoms. The number of unbranched alkanes of at least 4 members (excludes halogenated alkanes) is 9. The summed E-state index contributed by atoms with van der Waals surface area (Å²) in [7, 11) is -17.2. The van der Waals surface area contributed by atoms with Crippen LogP contribution < -0.4 is 5.32 Å². The number of carbonyl (C=O) groups is 3. The lowest BCUT2D eigenvalue weighted by molar-refractivity contribution is -0.440. The molecule has 0 aromatic heterocycles. The number of esters is 2. The summed E-state index contributed by atoms with van der Waals surface area (Å²) in [6.07, 6.45) is -29.0. The second-order valence-electron chi connectivity index (χ2n) is 17.3. The molecular formula is C40H57F13NO21P3. The largest absolute Gasteiger partial charge is 0.472 e. The summed E-state index contributed by atoms with van der Waals surface area (Å²) in [5, 5.41) is 34.2. The van der Waals surface area contributed by atoms with Gasteiger partial charge in [0.15, 0.2) is 6.10 Å². The molecule has 0 heterocycles. The minimum absolute atomic E-state index is 0.00526. The van der Waals surface area contributed by atoms with Gasteiger partial charge in [0.1, 0.15) is 49.8 Å². The lowest BCUT2D eigenvalue weighted by Gasteiger charge is -2.44. The highest BCUT2D eigenvalue weighted by Gasteiger charge is 2.90. The van der Waals surface area contributed by atoms with Crippen molar-refractivity contribution in [1.82, 2.24) is 5.32 Å². The van der Waals surface area contributed by atoms with Crippen LogP contribution in [0.25, 0.3) is 0 Å². The summed E-state index contributed by atoms with van der Waals surface area (Å²) in [6.45, 7) is -1.93. The van der Waals surface area contributed by atoms with Crippen LogP contribution in [0.3, 0.4) is 0 Å². The van der Waals surface area contributed by atoms with E-state index < -0.39 is 159 Å². The number of carbonyl (C=O) groups excluding carboxylic acids is 3. The van der Waals surface area contributed by atoms with Crippen molar-refractivity contribution < 1.29 is 157 Å². The lowest BCUT2D eigenvalue weighted by Crippen LogP contribution is -2.70. The maximum Gasteiger partial charge on any atom is 0.472 e. The van der Waals surface area contributed by atoms with Crippen LogP contribution in [-0.4, -0.2) is 156 Å². The van der Waals surface area contributed by atoms with Gasteiger partial charge in [-0.15, -0.1) is 0 Å². The number of aliphatic hydroxyl groups is 3. The second kappa shape index (κ2) is 29.6. The van der Waals surface area contributed by atoms with Gasteiger partial charge < -0.3 is 59.3 Å². The van der Waals surface area contributed by atoms with Crippen molar-refractivity contribution in [2.75, 3.05) is 19.8 Å². The van der Waals surface area contributed by atoms with E-state index in [1.54, 1.807) is 30.3 Å². The van der Waals surface area contributed by atoms with Crippen LogP contribution in [0.1, 0.15) is 95.5 Å². The quantitative estimate of drug-likeness (QED) is 0.0107. The average molecular weight is 1230 g/mol. The van der Waals surface area contributed by atoms with E-state index in [4.69, 9.17) is 23.3 Å². The van der Waals surface area contributed by atoms with Crippen LogP contribution in [0, 0.1) is 0 Å². The number of nitrogens with one attached hydrogen (secondary N) is 1. The predicted octanol–water partition coefficient (Wildman–Crippen LogP) is 7.12. The van der Waals surface area contributed by atoms with E-state index in [1.165, 1.54) is 0 Å². The fourth-order valence-electron chi connectivity index (χ4n) is 7.01. The van der Waals surface area contributed by atoms with Crippen molar-refractivity contribution in [1.29, 1.82) is 0 Å². The van der Waals surface area contributed by atoms with Crippen LogP contribution >= 0.6 is 23.5 Å². The Morgan fingerprint density at radius 3 is 1.53 bits per heavy atom. The third-order valence-corrected chi connectivity index (χ3v) is 13.1. The molecule has 0 aliphatic heterocycles. The number of rotatable bonds is 35. The minimum atomic E-state index is -7.99. The van der Waals surface area contributed by atoms with Crippen molar-refractivity contribution in [3.8, 4) is 0 Å². The minimum Gasteiger partial charge on any atom is -0.462 e. The Morgan fingerprint density at radius 1 is 0.538 bits per heavy atom. The van der Waals surface area contributed by atoms with Crippen LogP contribution in [0.5, 0.6) is 0 Å². The predicted molar refractivity (Wildman–Crippen MR) is 233 cm³/mol. The fraction of sp³-hybridized carbons (Fsp3) is 0.775. The Hall–Kier alpha value is -3.27. The Labute approximate surface area is 434 Å². The molecule has 0 radical (unpaired) electrons. The van der Waals surface area contributed by atoms with Crippen LogP contribution in [0.4, 0.5) is 61.9 Å². The number of halogens is 13. The molecule has 3 unspecified atom stereocenters. The molecule has 8 atom stereocenters. The fourth-order valence-corrected chi connectivity index (χ4v) is 9.10. The van der Waals surface area contributed by atoms with Crippen molar-refractivity contribution in [2.24, 2.45) is 0 Å². The lowest BCUT2D eigenvalue weighted by atomic mass is 9.85. The summed E-state index contributed by atoms with van der Waals surface area (Å²) >= 11 is 0. The molecule has 1 aromatic carbocycles.